The van der Waals surface area contributed by atoms with E-state index in [0.717, 1.165) is 0 Å². The maximum Gasteiger partial charge on any atom is 0.351 e. The first-order valence-corrected chi connectivity index (χ1v) is 18.9. The monoisotopic (exact) mass is 541 g/mol. The topological polar surface area (TPSA) is 106 Å². The molecule has 10 heteroatoms. The summed E-state index contributed by atoms with van der Waals surface area (Å²) in [5.41, 5.74) is 9.10. The van der Waals surface area contributed by atoms with Crippen LogP contribution in [0.25, 0.3) is 0 Å². The predicted octanol–water partition coefficient (Wildman–Crippen LogP) is 4.47. The van der Waals surface area contributed by atoms with Crippen LogP contribution in [0.5, 0.6) is 0 Å². The standard InChI is InChI=1S/C27H39N3O5Si2/c1-27(2,3)37(7,8)35-23-20(15-17-36(4,5)6)21(18-33-25(31)19-12-10-9-11-13-19)34-24(23)30-16-14-22(28)29-26(30)32/h9-14,16,20-21,23-24H,18H2,1-8H3,(H2,28,29,32)/t20-,21+,23+,24+/m0/s1. The number of rotatable bonds is 6. The van der Waals surface area contributed by atoms with Crippen molar-refractivity contribution < 1.29 is 18.7 Å². The highest BCUT2D eigenvalue weighted by Gasteiger charge is 2.51. The summed E-state index contributed by atoms with van der Waals surface area (Å²) < 4.78 is 20.4. The van der Waals surface area contributed by atoms with Crippen LogP contribution in [0.4, 0.5) is 5.82 Å². The van der Waals surface area contributed by atoms with Gasteiger partial charge < -0.3 is 19.6 Å². The summed E-state index contributed by atoms with van der Waals surface area (Å²) in [6, 6.07) is 10.4. The summed E-state index contributed by atoms with van der Waals surface area (Å²) in [6.45, 7) is 17.2. The Labute approximate surface area is 221 Å². The average Bonchev–Trinajstić information content (AvgIpc) is 3.11. The molecule has 1 fully saturated rings. The Morgan fingerprint density at radius 2 is 1.78 bits per heavy atom. The van der Waals surface area contributed by atoms with Gasteiger partial charge in [-0.05, 0) is 36.3 Å². The zero-order chi connectivity index (χ0) is 27.6. The van der Waals surface area contributed by atoms with E-state index in [1.54, 1.807) is 36.5 Å². The Balaban J connectivity index is 2.03. The fourth-order valence-corrected chi connectivity index (χ4v) is 5.55. The number of carbonyl (C=O) groups is 1. The quantitative estimate of drug-likeness (QED) is 0.327. The molecule has 0 aliphatic carbocycles. The molecule has 0 unspecified atom stereocenters. The van der Waals surface area contributed by atoms with E-state index in [0.29, 0.717) is 5.56 Å². The lowest BCUT2D eigenvalue weighted by Gasteiger charge is -2.40. The molecular formula is C27H39N3O5Si2. The second kappa shape index (κ2) is 11.0. The highest BCUT2D eigenvalue weighted by molar-refractivity contribution is 6.83. The molecule has 8 nitrogen and oxygen atoms in total. The van der Waals surface area contributed by atoms with Gasteiger partial charge in [-0.25, -0.2) is 9.59 Å². The van der Waals surface area contributed by atoms with Crippen molar-refractivity contribution in [1.29, 1.82) is 0 Å². The Hall–Kier alpha value is -2.72. The minimum absolute atomic E-state index is 0.0240. The van der Waals surface area contributed by atoms with Crippen molar-refractivity contribution >= 4 is 28.2 Å². The number of esters is 1. The summed E-state index contributed by atoms with van der Waals surface area (Å²) >= 11 is 0. The number of hydrogen-bond donors (Lipinski definition) is 1. The summed E-state index contributed by atoms with van der Waals surface area (Å²) in [4.78, 5) is 29.4. The zero-order valence-corrected chi connectivity index (χ0v) is 25.1. The van der Waals surface area contributed by atoms with Crippen LogP contribution in [0.2, 0.25) is 37.8 Å². The van der Waals surface area contributed by atoms with Gasteiger partial charge in [0.1, 0.15) is 32.7 Å². The van der Waals surface area contributed by atoms with Gasteiger partial charge in [0.15, 0.2) is 14.5 Å². The summed E-state index contributed by atoms with van der Waals surface area (Å²) in [6.07, 6.45) is -0.385. The molecule has 1 aromatic heterocycles. The number of hydrogen-bond acceptors (Lipinski definition) is 7. The van der Waals surface area contributed by atoms with Gasteiger partial charge in [-0.3, -0.25) is 4.57 Å². The van der Waals surface area contributed by atoms with Crippen LogP contribution in [-0.2, 0) is 13.9 Å². The van der Waals surface area contributed by atoms with Gasteiger partial charge in [-0.2, -0.15) is 4.98 Å². The van der Waals surface area contributed by atoms with E-state index < -0.39 is 52.4 Å². The SMILES string of the molecule is CC(C)(C)[Si](C)(C)O[C@@H]1[C@@H](C#C[Si](C)(C)C)[C@@H](COC(=O)c2ccccc2)O[C@H]1n1ccc(N)nc1=O. The van der Waals surface area contributed by atoms with Gasteiger partial charge in [0.25, 0.3) is 0 Å². The molecule has 1 aromatic carbocycles. The molecule has 0 radical (unpaired) electrons. The molecule has 37 heavy (non-hydrogen) atoms. The number of nitrogens with two attached hydrogens (primary N) is 1. The van der Waals surface area contributed by atoms with Crippen molar-refractivity contribution in [2.75, 3.05) is 12.3 Å². The zero-order valence-electron chi connectivity index (χ0n) is 23.1. The molecule has 2 N–H and O–H groups in total. The first-order chi connectivity index (χ1) is 17.1. The van der Waals surface area contributed by atoms with Crippen LogP contribution in [0.1, 0.15) is 37.4 Å². The van der Waals surface area contributed by atoms with Crippen LogP contribution in [0, 0.1) is 17.4 Å². The number of carbonyl (C=O) groups excluding carboxylic acids is 1. The van der Waals surface area contributed by atoms with Gasteiger partial charge in [-0.15, -0.1) is 11.5 Å². The van der Waals surface area contributed by atoms with E-state index in [1.807, 2.05) is 6.07 Å². The second-order valence-corrected chi connectivity index (χ2v) is 21.5. The van der Waals surface area contributed by atoms with Crippen molar-refractivity contribution in [3.63, 3.8) is 0 Å². The molecular weight excluding hydrogens is 502 g/mol. The normalized spacial score (nSPS) is 22.3. The summed E-state index contributed by atoms with van der Waals surface area (Å²) in [5, 5.41) is -0.0868. The Morgan fingerprint density at radius 3 is 2.35 bits per heavy atom. The van der Waals surface area contributed by atoms with E-state index >= 15 is 0 Å². The third kappa shape index (κ3) is 7.20. The fraction of sp³-hybridized carbons (Fsp3) is 0.519. The van der Waals surface area contributed by atoms with Gasteiger partial charge in [0, 0.05) is 6.20 Å². The minimum atomic E-state index is -2.32. The van der Waals surface area contributed by atoms with E-state index in [9.17, 15) is 9.59 Å². The fourth-order valence-electron chi connectivity index (χ4n) is 3.66. The van der Waals surface area contributed by atoms with Crippen LogP contribution in [-0.4, -0.2) is 50.7 Å². The molecule has 200 valence electrons. The van der Waals surface area contributed by atoms with Crippen molar-refractivity contribution in [3.05, 3.63) is 58.6 Å². The maximum absolute atomic E-state index is 12.8. The molecule has 3 rings (SSSR count). The molecule has 0 spiro atoms. The van der Waals surface area contributed by atoms with E-state index in [-0.39, 0.29) is 17.5 Å². The first-order valence-electron chi connectivity index (χ1n) is 12.5. The van der Waals surface area contributed by atoms with E-state index in [1.165, 1.54) is 4.57 Å². The number of anilines is 1. The van der Waals surface area contributed by atoms with Crippen molar-refractivity contribution in [2.24, 2.45) is 5.92 Å². The number of nitrogens with zero attached hydrogens (tertiary/aromatic N) is 2. The molecule has 2 heterocycles. The number of aromatic nitrogens is 2. The number of ether oxygens (including phenoxy) is 2. The Morgan fingerprint density at radius 1 is 1.14 bits per heavy atom. The Kier molecular flexibility index (Phi) is 8.54. The molecule has 0 amide bonds. The van der Waals surface area contributed by atoms with Crippen LogP contribution in [0.3, 0.4) is 0 Å². The van der Waals surface area contributed by atoms with Crippen LogP contribution >= 0.6 is 0 Å². The van der Waals surface area contributed by atoms with Gasteiger partial charge in [-0.1, -0.05) is 58.6 Å². The predicted molar refractivity (Wildman–Crippen MR) is 150 cm³/mol. The molecule has 0 bridgehead atoms. The summed E-state index contributed by atoms with van der Waals surface area (Å²) in [5.74, 6) is 2.69. The van der Waals surface area contributed by atoms with Gasteiger partial charge in [0.2, 0.25) is 0 Å². The molecule has 1 saturated heterocycles. The molecule has 0 saturated carbocycles. The number of nitrogen functional groups attached to an aromatic ring is 1. The smallest absolute Gasteiger partial charge is 0.351 e. The van der Waals surface area contributed by atoms with Crippen molar-refractivity contribution in [2.45, 2.75) is 77.0 Å². The molecule has 2 aromatic rings. The lowest BCUT2D eigenvalue weighted by atomic mass is 9.99. The second-order valence-electron chi connectivity index (χ2n) is 12.0. The van der Waals surface area contributed by atoms with Gasteiger partial charge in [0.05, 0.1) is 11.5 Å². The molecule has 1 aliphatic rings. The molecule has 1 aliphatic heterocycles. The first kappa shape index (κ1) is 28.8. The van der Waals surface area contributed by atoms with Crippen LogP contribution < -0.4 is 11.4 Å². The third-order valence-corrected chi connectivity index (χ3v) is 12.1. The third-order valence-electron chi connectivity index (χ3n) is 6.71. The van der Waals surface area contributed by atoms with Gasteiger partial charge >= 0.3 is 11.7 Å². The minimum Gasteiger partial charge on any atom is -0.459 e. The average molecular weight is 542 g/mol. The Bertz CT molecular complexity index is 1220. The number of benzene rings is 1. The van der Waals surface area contributed by atoms with E-state index in [4.69, 9.17) is 19.6 Å². The molecule has 4 atom stereocenters. The van der Waals surface area contributed by atoms with Crippen LogP contribution in [0.15, 0.2) is 47.4 Å². The van der Waals surface area contributed by atoms with Crippen molar-refractivity contribution in [3.8, 4) is 11.5 Å². The summed E-state index contributed by atoms with van der Waals surface area (Å²) in [7, 11) is -4.08. The van der Waals surface area contributed by atoms with Crippen molar-refractivity contribution in [1.82, 2.24) is 9.55 Å². The maximum atomic E-state index is 12.8. The largest absolute Gasteiger partial charge is 0.459 e. The lowest BCUT2D eigenvalue weighted by Crippen LogP contribution is -2.48. The highest BCUT2D eigenvalue weighted by Crippen LogP contribution is 2.43. The highest BCUT2D eigenvalue weighted by atomic mass is 28.4. The lowest BCUT2D eigenvalue weighted by molar-refractivity contribution is -0.0552. The van der Waals surface area contributed by atoms with E-state index in [2.05, 4.69) is 70.0 Å².